The molecule has 6 heteroatoms. The zero-order valence-corrected chi connectivity index (χ0v) is 15.4. The minimum atomic E-state index is -0.485. The maximum absolute atomic E-state index is 13.0. The summed E-state index contributed by atoms with van der Waals surface area (Å²) in [4.78, 5) is 26.7. The molecule has 0 aliphatic carbocycles. The number of piperidine rings is 1. The van der Waals surface area contributed by atoms with Crippen LogP contribution in [0.15, 0.2) is 54.6 Å². The van der Waals surface area contributed by atoms with Crippen LogP contribution in [0, 0.1) is 11.2 Å². The highest BCUT2D eigenvalue weighted by Gasteiger charge is 2.37. The standard InChI is InChI=1S/C21H24FN3O2/c1-21(19(26)23-15-16-5-3-2-4-6-16)11-13-25(14-12-21)20(27)24-18-9-7-17(22)8-10-18/h2-10H,11-15H2,1H3,(H,23,26)(H,24,27). The molecule has 142 valence electrons. The predicted octanol–water partition coefficient (Wildman–Crippen LogP) is 3.78. The number of likely N-dealkylation sites (tertiary alicyclic amines) is 1. The monoisotopic (exact) mass is 369 g/mol. The van der Waals surface area contributed by atoms with Gasteiger partial charge in [0.15, 0.2) is 0 Å². The summed E-state index contributed by atoms with van der Waals surface area (Å²) in [5.74, 6) is -0.326. The van der Waals surface area contributed by atoms with E-state index in [1.807, 2.05) is 37.3 Å². The Kier molecular flexibility index (Phi) is 5.74. The Morgan fingerprint density at radius 2 is 1.67 bits per heavy atom. The molecular weight excluding hydrogens is 345 g/mol. The van der Waals surface area contributed by atoms with E-state index < -0.39 is 5.41 Å². The molecule has 3 amide bonds. The quantitative estimate of drug-likeness (QED) is 0.862. The van der Waals surface area contributed by atoms with E-state index in [0.29, 0.717) is 38.2 Å². The fourth-order valence-corrected chi connectivity index (χ4v) is 3.16. The molecule has 2 aromatic rings. The third-order valence-corrected chi connectivity index (χ3v) is 5.09. The molecule has 27 heavy (non-hydrogen) atoms. The SMILES string of the molecule is CC1(C(=O)NCc2ccccc2)CCN(C(=O)Nc2ccc(F)cc2)CC1. The van der Waals surface area contributed by atoms with Crippen LogP contribution >= 0.6 is 0 Å². The van der Waals surface area contributed by atoms with Gasteiger partial charge in [-0.25, -0.2) is 9.18 Å². The van der Waals surface area contributed by atoms with E-state index in [-0.39, 0.29) is 17.8 Å². The fraction of sp³-hybridized carbons (Fsp3) is 0.333. The number of rotatable bonds is 4. The molecular formula is C21H24FN3O2. The Labute approximate surface area is 158 Å². The van der Waals surface area contributed by atoms with Gasteiger partial charge in [-0.3, -0.25) is 4.79 Å². The highest BCUT2D eigenvalue weighted by Crippen LogP contribution is 2.31. The van der Waals surface area contributed by atoms with Crippen molar-refractivity contribution in [1.82, 2.24) is 10.2 Å². The Balaban J connectivity index is 1.50. The minimum Gasteiger partial charge on any atom is -0.352 e. The maximum Gasteiger partial charge on any atom is 0.321 e. The van der Waals surface area contributed by atoms with Crippen molar-refractivity contribution in [2.24, 2.45) is 5.41 Å². The Bertz CT molecular complexity index is 785. The molecule has 1 aliphatic heterocycles. The van der Waals surface area contributed by atoms with Crippen LogP contribution in [0.3, 0.4) is 0 Å². The van der Waals surface area contributed by atoms with E-state index in [9.17, 15) is 14.0 Å². The predicted molar refractivity (Wildman–Crippen MR) is 103 cm³/mol. The molecule has 1 aliphatic rings. The van der Waals surface area contributed by atoms with E-state index in [1.165, 1.54) is 24.3 Å². The number of carbonyl (C=O) groups is 2. The maximum atomic E-state index is 13.0. The van der Waals surface area contributed by atoms with Gasteiger partial charge in [0.1, 0.15) is 5.82 Å². The molecule has 1 heterocycles. The molecule has 0 radical (unpaired) electrons. The van der Waals surface area contributed by atoms with Crippen LogP contribution in [-0.4, -0.2) is 29.9 Å². The third kappa shape index (κ3) is 4.84. The summed E-state index contributed by atoms with van der Waals surface area (Å²) in [6.07, 6.45) is 1.20. The van der Waals surface area contributed by atoms with Gasteiger partial charge in [-0.05, 0) is 42.7 Å². The first kappa shape index (κ1) is 18.9. The lowest BCUT2D eigenvalue weighted by atomic mass is 9.79. The van der Waals surface area contributed by atoms with Crippen molar-refractivity contribution >= 4 is 17.6 Å². The van der Waals surface area contributed by atoms with Crippen LogP contribution in [-0.2, 0) is 11.3 Å². The van der Waals surface area contributed by atoms with Gasteiger partial charge in [0.25, 0.3) is 0 Å². The summed E-state index contributed by atoms with van der Waals surface area (Å²) in [7, 11) is 0. The highest BCUT2D eigenvalue weighted by atomic mass is 19.1. The zero-order valence-electron chi connectivity index (χ0n) is 15.4. The lowest BCUT2D eigenvalue weighted by Gasteiger charge is -2.38. The molecule has 2 N–H and O–H groups in total. The summed E-state index contributed by atoms with van der Waals surface area (Å²) in [5, 5.41) is 5.77. The Morgan fingerprint density at radius 1 is 1.04 bits per heavy atom. The Hall–Kier alpha value is -2.89. The second kappa shape index (κ2) is 8.20. The van der Waals surface area contributed by atoms with Crippen LogP contribution < -0.4 is 10.6 Å². The van der Waals surface area contributed by atoms with Crippen molar-refractivity contribution in [1.29, 1.82) is 0 Å². The summed E-state index contributed by atoms with van der Waals surface area (Å²) in [6, 6.07) is 15.2. The van der Waals surface area contributed by atoms with Gasteiger partial charge in [0.2, 0.25) is 5.91 Å². The van der Waals surface area contributed by atoms with Crippen molar-refractivity contribution in [3.05, 3.63) is 66.0 Å². The first-order chi connectivity index (χ1) is 13.0. The fourth-order valence-electron chi connectivity index (χ4n) is 3.16. The largest absolute Gasteiger partial charge is 0.352 e. The number of benzene rings is 2. The average Bonchev–Trinajstić information content (AvgIpc) is 2.69. The van der Waals surface area contributed by atoms with E-state index in [4.69, 9.17) is 0 Å². The van der Waals surface area contributed by atoms with Gasteiger partial charge in [-0.15, -0.1) is 0 Å². The molecule has 0 unspecified atom stereocenters. The summed E-state index contributed by atoms with van der Waals surface area (Å²) < 4.78 is 13.0. The first-order valence-electron chi connectivity index (χ1n) is 9.10. The molecule has 1 saturated heterocycles. The second-order valence-corrected chi connectivity index (χ2v) is 7.15. The lowest BCUT2D eigenvalue weighted by Crippen LogP contribution is -2.49. The van der Waals surface area contributed by atoms with E-state index >= 15 is 0 Å². The van der Waals surface area contributed by atoms with Gasteiger partial charge >= 0.3 is 6.03 Å². The number of hydrogen-bond donors (Lipinski definition) is 2. The summed E-state index contributed by atoms with van der Waals surface area (Å²) >= 11 is 0. The normalized spacial score (nSPS) is 15.9. The number of anilines is 1. The molecule has 2 aromatic carbocycles. The molecule has 3 rings (SSSR count). The van der Waals surface area contributed by atoms with Gasteiger partial charge < -0.3 is 15.5 Å². The van der Waals surface area contributed by atoms with E-state index in [0.717, 1.165) is 5.56 Å². The topological polar surface area (TPSA) is 61.4 Å². The van der Waals surface area contributed by atoms with Crippen LogP contribution in [0.2, 0.25) is 0 Å². The Morgan fingerprint density at radius 3 is 2.30 bits per heavy atom. The van der Waals surface area contributed by atoms with Crippen molar-refractivity contribution in [3.8, 4) is 0 Å². The minimum absolute atomic E-state index is 0.0185. The number of nitrogens with zero attached hydrogens (tertiary/aromatic N) is 1. The summed E-state index contributed by atoms with van der Waals surface area (Å²) in [6.45, 7) is 3.46. The molecule has 0 saturated carbocycles. The molecule has 0 bridgehead atoms. The molecule has 1 fully saturated rings. The average molecular weight is 369 g/mol. The number of halogens is 1. The molecule has 5 nitrogen and oxygen atoms in total. The zero-order chi connectivity index (χ0) is 19.3. The number of carbonyl (C=O) groups excluding carboxylic acids is 2. The number of amides is 3. The van der Waals surface area contributed by atoms with E-state index in [1.54, 1.807) is 4.90 Å². The smallest absolute Gasteiger partial charge is 0.321 e. The van der Waals surface area contributed by atoms with Crippen LogP contribution in [0.4, 0.5) is 14.9 Å². The highest BCUT2D eigenvalue weighted by molar-refractivity contribution is 5.89. The van der Waals surface area contributed by atoms with Crippen molar-refractivity contribution in [3.63, 3.8) is 0 Å². The second-order valence-electron chi connectivity index (χ2n) is 7.15. The number of hydrogen-bond acceptors (Lipinski definition) is 2. The number of urea groups is 1. The van der Waals surface area contributed by atoms with Crippen molar-refractivity contribution in [2.45, 2.75) is 26.3 Å². The van der Waals surface area contributed by atoms with Crippen LogP contribution in [0.1, 0.15) is 25.3 Å². The lowest BCUT2D eigenvalue weighted by molar-refractivity contribution is -0.132. The van der Waals surface area contributed by atoms with Crippen LogP contribution in [0.5, 0.6) is 0 Å². The third-order valence-electron chi connectivity index (χ3n) is 5.09. The van der Waals surface area contributed by atoms with Gasteiger partial charge in [0, 0.05) is 30.7 Å². The molecule has 0 spiro atoms. The van der Waals surface area contributed by atoms with Gasteiger partial charge in [-0.1, -0.05) is 37.3 Å². The van der Waals surface area contributed by atoms with Gasteiger partial charge in [-0.2, -0.15) is 0 Å². The van der Waals surface area contributed by atoms with Crippen molar-refractivity contribution in [2.75, 3.05) is 18.4 Å². The van der Waals surface area contributed by atoms with Gasteiger partial charge in [0.05, 0.1) is 0 Å². The summed E-state index contributed by atoms with van der Waals surface area (Å²) in [5.41, 5.74) is 1.13. The van der Waals surface area contributed by atoms with E-state index in [2.05, 4.69) is 10.6 Å². The van der Waals surface area contributed by atoms with Crippen LogP contribution in [0.25, 0.3) is 0 Å². The molecule has 0 atom stereocenters. The number of nitrogens with one attached hydrogen (secondary N) is 2. The van der Waals surface area contributed by atoms with Crippen molar-refractivity contribution < 1.29 is 14.0 Å². The first-order valence-corrected chi connectivity index (χ1v) is 9.10. The molecule has 0 aromatic heterocycles.